The first-order valence-electron chi connectivity index (χ1n) is 7.92. The molecule has 2 aliphatic rings. The summed E-state index contributed by atoms with van der Waals surface area (Å²) in [4.78, 5) is 29.1. The van der Waals surface area contributed by atoms with Crippen LogP contribution in [0.5, 0.6) is 0 Å². The highest BCUT2D eigenvalue weighted by molar-refractivity contribution is 6.02. The van der Waals surface area contributed by atoms with Crippen molar-refractivity contribution in [3.05, 3.63) is 41.6 Å². The molecule has 1 aromatic rings. The molecule has 23 heavy (non-hydrogen) atoms. The maximum Gasteiger partial charge on any atom is 0.255 e. The lowest BCUT2D eigenvalue weighted by Gasteiger charge is -2.44. The normalized spacial score (nSPS) is 21.9. The molecule has 3 rings (SSSR count). The Morgan fingerprint density at radius 1 is 1.26 bits per heavy atom. The van der Waals surface area contributed by atoms with Crippen LogP contribution in [0.15, 0.2) is 30.5 Å². The van der Waals surface area contributed by atoms with E-state index < -0.39 is 6.04 Å². The van der Waals surface area contributed by atoms with Gasteiger partial charge in [0.2, 0.25) is 5.91 Å². The quantitative estimate of drug-likeness (QED) is 0.810. The van der Waals surface area contributed by atoms with Gasteiger partial charge in [-0.15, -0.1) is 0 Å². The van der Waals surface area contributed by atoms with Gasteiger partial charge in [-0.05, 0) is 45.7 Å². The second-order valence-electron chi connectivity index (χ2n) is 7.27. The molecular weight excluding hydrogens is 290 g/mol. The molecule has 0 radical (unpaired) electrons. The Balaban J connectivity index is 1.92. The first-order valence-corrected chi connectivity index (χ1v) is 7.92. The Morgan fingerprint density at radius 3 is 2.57 bits per heavy atom. The van der Waals surface area contributed by atoms with Gasteiger partial charge in [0, 0.05) is 34.6 Å². The summed E-state index contributed by atoms with van der Waals surface area (Å²) in [5, 5.41) is 0. The first-order chi connectivity index (χ1) is 10.7. The lowest BCUT2D eigenvalue weighted by molar-refractivity contribution is -0.141. The summed E-state index contributed by atoms with van der Waals surface area (Å²) in [5.74, 6) is -0.152. The van der Waals surface area contributed by atoms with E-state index in [2.05, 4.69) is 6.58 Å². The molecule has 0 spiro atoms. The molecule has 1 atom stereocenters. The van der Waals surface area contributed by atoms with Crippen molar-refractivity contribution in [2.45, 2.75) is 51.7 Å². The molecule has 0 saturated carbocycles. The van der Waals surface area contributed by atoms with E-state index in [4.69, 9.17) is 5.73 Å². The van der Waals surface area contributed by atoms with E-state index in [1.807, 2.05) is 20.8 Å². The number of nitrogens with zero attached hydrogens (tertiary/aromatic N) is 2. The number of nitrogens with two attached hydrogens (primary N) is 1. The highest BCUT2D eigenvalue weighted by Crippen LogP contribution is 2.35. The minimum atomic E-state index is -0.445. The van der Waals surface area contributed by atoms with Crippen LogP contribution in [0.25, 0.3) is 0 Å². The Morgan fingerprint density at radius 2 is 1.96 bits per heavy atom. The number of carbonyl (C=O) groups excluding carboxylic acids is 2. The third kappa shape index (κ3) is 2.40. The topological polar surface area (TPSA) is 66.6 Å². The Kier molecular flexibility index (Phi) is 3.47. The monoisotopic (exact) mass is 313 g/mol. The minimum Gasteiger partial charge on any atom is -0.398 e. The molecule has 5 nitrogen and oxygen atoms in total. The van der Waals surface area contributed by atoms with Crippen molar-refractivity contribution in [3.8, 4) is 0 Å². The zero-order valence-electron chi connectivity index (χ0n) is 13.9. The van der Waals surface area contributed by atoms with Gasteiger partial charge in [0.1, 0.15) is 6.04 Å². The third-order valence-corrected chi connectivity index (χ3v) is 4.61. The molecule has 2 N–H and O–H groups in total. The first kappa shape index (κ1) is 15.6. The average Bonchev–Trinajstić information content (AvgIpc) is 2.77. The zero-order valence-corrected chi connectivity index (χ0v) is 13.9. The third-order valence-electron chi connectivity index (χ3n) is 4.61. The number of piperidine rings is 1. The summed E-state index contributed by atoms with van der Waals surface area (Å²) < 4.78 is 0. The van der Waals surface area contributed by atoms with Gasteiger partial charge in [0.25, 0.3) is 5.91 Å². The summed E-state index contributed by atoms with van der Waals surface area (Å²) in [6, 6.07) is 4.91. The summed E-state index contributed by atoms with van der Waals surface area (Å²) in [6.07, 6.45) is 1.33. The van der Waals surface area contributed by atoms with E-state index in [-0.39, 0.29) is 17.4 Å². The maximum atomic E-state index is 13.0. The van der Waals surface area contributed by atoms with E-state index in [0.717, 1.165) is 11.3 Å². The molecular formula is C18H23N3O2. The van der Waals surface area contributed by atoms with Gasteiger partial charge in [-0.2, -0.15) is 0 Å². The van der Waals surface area contributed by atoms with Crippen molar-refractivity contribution in [3.63, 3.8) is 0 Å². The summed E-state index contributed by atoms with van der Waals surface area (Å²) in [7, 11) is 0. The second-order valence-corrected chi connectivity index (χ2v) is 7.27. The van der Waals surface area contributed by atoms with Crippen LogP contribution in [0.2, 0.25) is 0 Å². The van der Waals surface area contributed by atoms with Crippen LogP contribution in [-0.2, 0) is 11.3 Å². The fourth-order valence-electron chi connectivity index (χ4n) is 3.57. The van der Waals surface area contributed by atoms with Crippen LogP contribution < -0.4 is 5.73 Å². The van der Waals surface area contributed by atoms with Crippen molar-refractivity contribution in [1.29, 1.82) is 0 Å². The predicted molar refractivity (Wildman–Crippen MR) is 89.5 cm³/mol. The van der Waals surface area contributed by atoms with Gasteiger partial charge in [-0.1, -0.05) is 12.6 Å². The van der Waals surface area contributed by atoms with Crippen molar-refractivity contribution in [2.24, 2.45) is 0 Å². The predicted octanol–water partition coefficient (Wildman–Crippen LogP) is 2.53. The molecule has 2 aliphatic heterocycles. The summed E-state index contributed by atoms with van der Waals surface area (Å²) in [5.41, 5.74) is 8.52. The molecule has 1 fully saturated rings. The number of likely N-dealkylation sites (tertiary alicyclic amines) is 1. The zero-order chi connectivity index (χ0) is 16.9. The van der Waals surface area contributed by atoms with Crippen LogP contribution in [0, 0.1) is 0 Å². The summed E-state index contributed by atoms with van der Waals surface area (Å²) in [6.45, 7) is 10.4. The fraction of sp³-hybridized carbons (Fsp3) is 0.444. The van der Waals surface area contributed by atoms with Crippen molar-refractivity contribution in [1.82, 2.24) is 9.80 Å². The molecule has 1 saturated heterocycles. The van der Waals surface area contributed by atoms with Crippen LogP contribution in [0.3, 0.4) is 0 Å². The molecule has 0 bridgehead atoms. The average molecular weight is 313 g/mol. The van der Waals surface area contributed by atoms with Crippen LogP contribution in [0.1, 0.15) is 49.5 Å². The van der Waals surface area contributed by atoms with Gasteiger partial charge in [0.15, 0.2) is 0 Å². The highest BCUT2D eigenvalue weighted by Gasteiger charge is 2.44. The van der Waals surface area contributed by atoms with Crippen molar-refractivity contribution >= 4 is 17.5 Å². The van der Waals surface area contributed by atoms with Gasteiger partial charge in [-0.25, -0.2) is 0 Å². The number of amides is 2. The highest BCUT2D eigenvalue weighted by atomic mass is 16.2. The van der Waals surface area contributed by atoms with Crippen LogP contribution in [-0.4, -0.2) is 33.2 Å². The Hall–Kier alpha value is -2.30. The maximum absolute atomic E-state index is 13.0. The number of hydrogen-bond acceptors (Lipinski definition) is 3. The molecule has 2 amide bonds. The molecule has 1 unspecified atom stereocenters. The molecule has 1 aromatic carbocycles. The van der Waals surface area contributed by atoms with E-state index in [0.29, 0.717) is 30.6 Å². The molecule has 0 aromatic heterocycles. The largest absolute Gasteiger partial charge is 0.398 e. The number of benzene rings is 1. The number of carbonyl (C=O) groups is 2. The smallest absolute Gasteiger partial charge is 0.255 e. The Labute approximate surface area is 136 Å². The number of fused-ring (bicyclic) bond motifs is 1. The summed E-state index contributed by atoms with van der Waals surface area (Å²) >= 11 is 0. The number of allylic oxidation sites excluding steroid dienone is 1. The number of rotatable bonds is 1. The molecule has 2 heterocycles. The standard InChI is InChI=1S/C18H23N3O2/c1-11-8-9-15(17(23)21(11)18(2,3)4)20-10-13-12(16(20)22)6-5-7-14(13)19/h5-7,15H,1,8-10,19H2,2-4H3. The molecule has 0 aliphatic carbocycles. The molecule has 5 heteroatoms. The SMILES string of the molecule is C=C1CCC(N2Cc3c(N)cccc3C2=O)C(=O)N1C(C)(C)C. The van der Waals surface area contributed by atoms with E-state index >= 15 is 0 Å². The van der Waals surface area contributed by atoms with Gasteiger partial charge in [-0.3, -0.25) is 9.59 Å². The fourth-order valence-corrected chi connectivity index (χ4v) is 3.57. The lowest BCUT2D eigenvalue weighted by Crippen LogP contribution is -2.56. The van der Waals surface area contributed by atoms with Crippen LogP contribution in [0.4, 0.5) is 5.69 Å². The second kappa shape index (κ2) is 5.11. The van der Waals surface area contributed by atoms with Crippen LogP contribution >= 0.6 is 0 Å². The number of nitrogen functional groups attached to an aromatic ring is 1. The van der Waals surface area contributed by atoms with E-state index in [1.165, 1.54) is 0 Å². The Bertz CT molecular complexity index is 703. The van der Waals surface area contributed by atoms with E-state index in [1.54, 1.807) is 28.0 Å². The molecule has 122 valence electrons. The van der Waals surface area contributed by atoms with Gasteiger partial charge >= 0.3 is 0 Å². The lowest BCUT2D eigenvalue weighted by atomic mass is 9.94. The number of hydrogen-bond donors (Lipinski definition) is 1. The number of anilines is 1. The van der Waals surface area contributed by atoms with Crippen molar-refractivity contribution < 1.29 is 9.59 Å². The van der Waals surface area contributed by atoms with E-state index in [9.17, 15) is 9.59 Å². The van der Waals surface area contributed by atoms with Gasteiger partial charge < -0.3 is 15.5 Å². The van der Waals surface area contributed by atoms with Crippen molar-refractivity contribution in [2.75, 3.05) is 5.73 Å². The van der Waals surface area contributed by atoms with Gasteiger partial charge in [0.05, 0.1) is 0 Å². The minimum absolute atomic E-state index is 0.0477.